The molecule has 20 heavy (non-hydrogen) atoms. The average Bonchev–Trinajstić information content (AvgIpc) is 2.45. The van der Waals surface area contributed by atoms with E-state index in [9.17, 15) is 4.79 Å². The fourth-order valence-corrected chi connectivity index (χ4v) is 3.77. The smallest absolute Gasteiger partial charge is 0.239 e. The molecule has 3 nitrogen and oxygen atoms in total. The molecule has 2 aliphatic rings. The minimum atomic E-state index is 0.0836. The summed E-state index contributed by atoms with van der Waals surface area (Å²) < 4.78 is 0. The van der Waals surface area contributed by atoms with E-state index >= 15 is 0 Å². The Bertz CT molecular complexity index is 297. The Balaban J connectivity index is 1.94. The molecule has 0 radical (unpaired) electrons. The van der Waals surface area contributed by atoms with Crippen LogP contribution in [-0.2, 0) is 4.79 Å². The molecule has 0 aromatic heterocycles. The molecule has 2 fully saturated rings. The van der Waals surface area contributed by atoms with Crippen LogP contribution in [-0.4, -0.2) is 47.4 Å². The van der Waals surface area contributed by atoms with E-state index in [1.165, 1.54) is 51.4 Å². The molecule has 2 aliphatic heterocycles. The summed E-state index contributed by atoms with van der Waals surface area (Å²) in [4.78, 5) is 17.5. The third-order valence-electron chi connectivity index (χ3n) is 5.18. The molecule has 0 N–H and O–H groups in total. The van der Waals surface area contributed by atoms with E-state index in [0.717, 1.165) is 26.1 Å². The third kappa shape index (κ3) is 3.97. The first-order valence-electron chi connectivity index (χ1n) is 8.78. The molecule has 0 saturated carbocycles. The first-order valence-corrected chi connectivity index (χ1v) is 8.78. The summed E-state index contributed by atoms with van der Waals surface area (Å²) in [5.74, 6) is 0.386. The Labute approximate surface area is 124 Å². The van der Waals surface area contributed by atoms with Crippen molar-refractivity contribution in [3.05, 3.63) is 0 Å². The quantitative estimate of drug-likeness (QED) is 0.790. The van der Waals surface area contributed by atoms with Gasteiger partial charge < -0.3 is 4.90 Å². The van der Waals surface area contributed by atoms with Crippen molar-refractivity contribution >= 4 is 5.91 Å². The number of rotatable bonds is 3. The van der Waals surface area contributed by atoms with Crippen molar-refractivity contribution in [1.82, 2.24) is 9.80 Å². The second kappa shape index (κ2) is 8.02. The Kier molecular flexibility index (Phi) is 6.34. The van der Waals surface area contributed by atoms with Gasteiger partial charge in [0.1, 0.15) is 0 Å². The molecule has 116 valence electrons. The molecule has 2 unspecified atom stereocenters. The van der Waals surface area contributed by atoms with Crippen LogP contribution in [0, 0.1) is 0 Å². The van der Waals surface area contributed by atoms with Crippen LogP contribution in [0.1, 0.15) is 71.6 Å². The SMILES string of the molecule is CCC1CCCCN1C(=O)C(C)N1CCCCCCC1. The zero-order valence-electron chi connectivity index (χ0n) is 13.4. The second-order valence-corrected chi connectivity index (χ2v) is 6.57. The van der Waals surface area contributed by atoms with E-state index in [4.69, 9.17) is 0 Å². The van der Waals surface area contributed by atoms with Crippen molar-refractivity contribution in [3.63, 3.8) is 0 Å². The second-order valence-electron chi connectivity index (χ2n) is 6.57. The van der Waals surface area contributed by atoms with E-state index < -0.39 is 0 Å². The molecule has 1 amide bonds. The molecular formula is C17H32N2O. The molecule has 0 bridgehead atoms. The molecule has 2 atom stereocenters. The third-order valence-corrected chi connectivity index (χ3v) is 5.18. The van der Waals surface area contributed by atoms with Crippen LogP contribution < -0.4 is 0 Å². The maximum absolute atomic E-state index is 12.8. The molecule has 2 heterocycles. The van der Waals surface area contributed by atoms with Crippen LogP contribution in [0.4, 0.5) is 0 Å². The van der Waals surface area contributed by atoms with Crippen LogP contribution >= 0.6 is 0 Å². The van der Waals surface area contributed by atoms with Crippen molar-refractivity contribution in [2.75, 3.05) is 19.6 Å². The van der Waals surface area contributed by atoms with Gasteiger partial charge in [-0.25, -0.2) is 0 Å². The normalized spacial score (nSPS) is 27.7. The lowest BCUT2D eigenvalue weighted by atomic mass is 9.98. The fraction of sp³-hybridized carbons (Fsp3) is 0.941. The Morgan fingerprint density at radius 3 is 2.25 bits per heavy atom. The van der Waals surface area contributed by atoms with Crippen molar-refractivity contribution in [2.24, 2.45) is 0 Å². The van der Waals surface area contributed by atoms with Crippen LogP contribution in [0.2, 0.25) is 0 Å². The maximum atomic E-state index is 12.8. The highest BCUT2D eigenvalue weighted by atomic mass is 16.2. The number of piperidine rings is 1. The van der Waals surface area contributed by atoms with Gasteiger partial charge in [0.2, 0.25) is 5.91 Å². The maximum Gasteiger partial charge on any atom is 0.239 e. The van der Waals surface area contributed by atoms with Gasteiger partial charge in [0.05, 0.1) is 6.04 Å². The average molecular weight is 280 g/mol. The predicted octanol–water partition coefficient (Wildman–Crippen LogP) is 3.43. The number of carbonyl (C=O) groups excluding carboxylic acids is 1. The van der Waals surface area contributed by atoms with Crippen molar-refractivity contribution in [1.29, 1.82) is 0 Å². The fourth-order valence-electron chi connectivity index (χ4n) is 3.77. The number of likely N-dealkylation sites (tertiary alicyclic amines) is 2. The Morgan fingerprint density at radius 1 is 1.00 bits per heavy atom. The van der Waals surface area contributed by atoms with E-state index in [1.54, 1.807) is 0 Å². The summed E-state index contributed by atoms with van der Waals surface area (Å²) in [7, 11) is 0. The van der Waals surface area contributed by atoms with Crippen molar-refractivity contribution in [2.45, 2.75) is 83.7 Å². The number of carbonyl (C=O) groups is 1. The summed E-state index contributed by atoms with van der Waals surface area (Å²) in [6, 6.07) is 0.578. The molecule has 0 spiro atoms. The highest BCUT2D eigenvalue weighted by Crippen LogP contribution is 2.22. The van der Waals surface area contributed by atoms with Gasteiger partial charge in [-0.3, -0.25) is 9.69 Å². The van der Waals surface area contributed by atoms with E-state index in [0.29, 0.717) is 11.9 Å². The molecule has 2 rings (SSSR count). The first-order chi connectivity index (χ1) is 9.74. The number of amides is 1. The van der Waals surface area contributed by atoms with E-state index in [1.807, 2.05) is 0 Å². The van der Waals surface area contributed by atoms with Crippen LogP contribution in [0.5, 0.6) is 0 Å². The van der Waals surface area contributed by atoms with Gasteiger partial charge in [-0.15, -0.1) is 0 Å². The molecule has 2 saturated heterocycles. The topological polar surface area (TPSA) is 23.6 Å². The summed E-state index contributed by atoms with van der Waals surface area (Å²) in [6.45, 7) is 7.55. The standard InChI is InChI=1S/C17H32N2O/c1-3-16-11-7-10-14-19(16)17(20)15(2)18-12-8-5-4-6-9-13-18/h15-16H,3-14H2,1-2H3. The minimum absolute atomic E-state index is 0.0836. The van der Waals surface area contributed by atoms with E-state index in [2.05, 4.69) is 23.6 Å². The zero-order valence-corrected chi connectivity index (χ0v) is 13.4. The molecule has 0 aromatic carbocycles. The molecule has 0 aromatic rings. The van der Waals surface area contributed by atoms with E-state index in [-0.39, 0.29) is 6.04 Å². The number of hydrogen-bond acceptors (Lipinski definition) is 2. The van der Waals surface area contributed by atoms with Gasteiger partial charge in [0.25, 0.3) is 0 Å². The minimum Gasteiger partial charge on any atom is -0.338 e. The monoisotopic (exact) mass is 280 g/mol. The van der Waals surface area contributed by atoms with Gasteiger partial charge in [-0.05, 0) is 58.5 Å². The van der Waals surface area contributed by atoms with Gasteiger partial charge in [0, 0.05) is 12.6 Å². The van der Waals surface area contributed by atoms with Gasteiger partial charge in [-0.1, -0.05) is 26.2 Å². The zero-order chi connectivity index (χ0) is 14.4. The van der Waals surface area contributed by atoms with Crippen LogP contribution in [0.3, 0.4) is 0 Å². The number of hydrogen-bond donors (Lipinski definition) is 0. The largest absolute Gasteiger partial charge is 0.338 e. The summed E-state index contributed by atoms with van der Waals surface area (Å²) in [5, 5.41) is 0. The Morgan fingerprint density at radius 2 is 1.60 bits per heavy atom. The van der Waals surface area contributed by atoms with Crippen molar-refractivity contribution in [3.8, 4) is 0 Å². The van der Waals surface area contributed by atoms with Gasteiger partial charge in [-0.2, -0.15) is 0 Å². The highest BCUT2D eigenvalue weighted by Gasteiger charge is 2.31. The lowest BCUT2D eigenvalue weighted by Crippen LogP contribution is -2.52. The van der Waals surface area contributed by atoms with Crippen LogP contribution in [0.25, 0.3) is 0 Å². The number of nitrogens with zero attached hydrogens (tertiary/aromatic N) is 2. The van der Waals surface area contributed by atoms with Gasteiger partial charge >= 0.3 is 0 Å². The first kappa shape index (κ1) is 15.8. The highest BCUT2D eigenvalue weighted by molar-refractivity contribution is 5.81. The Hall–Kier alpha value is -0.570. The van der Waals surface area contributed by atoms with Crippen molar-refractivity contribution < 1.29 is 4.79 Å². The molecular weight excluding hydrogens is 248 g/mol. The lowest BCUT2D eigenvalue weighted by Gasteiger charge is -2.39. The predicted molar refractivity (Wildman–Crippen MR) is 83.8 cm³/mol. The summed E-state index contributed by atoms with van der Waals surface area (Å²) >= 11 is 0. The molecule has 0 aliphatic carbocycles. The summed E-state index contributed by atoms with van der Waals surface area (Å²) in [5.41, 5.74) is 0. The van der Waals surface area contributed by atoms with Crippen LogP contribution in [0.15, 0.2) is 0 Å². The summed E-state index contributed by atoms with van der Waals surface area (Å²) in [6.07, 6.45) is 11.4. The lowest BCUT2D eigenvalue weighted by molar-refractivity contribution is -0.140. The van der Waals surface area contributed by atoms with Gasteiger partial charge in [0.15, 0.2) is 0 Å². The molecule has 3 heteroatoms.